The Morgan fingerprint density at radius 1 is 1.13 bits per heavy atom. The summed E-state index contributed by atoms with van der Waals surface area (Å²) < 4.78 is 0. The first kappa shape index (κ1) is 21.6. The first-order chi connectivity index (χ1) is 15.0. The van der Waals surface area contributed by atoms with Gasteiger partial charge in [0.15, 0.2) is 5.11 Å². The number of pyridine rings is 1. The third-order valence-electron chi connectivity index (χ3n) is 6.42. The average Bonchev–Trinajstić information content (AvgIpc) is 2.79. The maximum atomic E-state index is 12.9. The van der Waals surface area contributed by atoms with Gasteiger partial charge in [0.2, 0.25) is 0 Å². The summed E-state index contributed by atoms with van der Waals surface area (Å²) in [5, 5.41) is 5.32. The van der Waals surface area contributed by atoms with E-state index in [2.05, 4.69) is 40.3 Å². The van der Waals surface area contributed by atoms with Gasteiger partial charge >= 0.3 is 0 Å². The Kier molecular flexibility index (Phi) is 6.71. The molecule has 1 fully saturated rings. The summed E-state index contributed by atoms with van der Waals surface area (Å²) in [5.74, 6) is 0. The van der Waals surface area contributed by atoms with Crippen molar-refractivity contribution in [1.29, 1.82) is 0 Å². The Bertz CT molecular complexity index is 1100. The second-order valence-electron chi connectivity index (χ2n) is 8.66. The van der Waals surface area contributed by atoms with Crippen LogP contribution in [0.4, 0.5) is 0 Å². The summed E-state index contributed by atoms with van der Waals surface area (Å²) >= 11 is 5.89. The van der Waals surface area contributed by atoms with E-state index in [-0.39, 0.29) is 11.6 Å². The highest BCUT2D eigenvalue weighted by atomic mass is 32.1. The molecule has 4 rings (SSSR count). The van der Waals surface area contributed by atoms with Gasteiger partial charge in [-0.15, -0.1) is 0 Å². The van der Waals surface area contributed by atoms with E-state index in [0.29, 0.717) is 12.6 Å². The standard InChI is InChI=1S/C26H31N3OS/c1-18-10-9-13-21-16-22(25(30)28-24(18)21)17-29(23-14-7-4-8-15-23)26(31)27-19(2)20-11-5-3-6-12-20/h3,5-6,9-13,16,19,23H,4,7-8,14-15,17H2,1-2H3,(H,27,31)(H,28,30)/t19-/m0/s1. The number of hydrogen-bond acceptors (Lipinski definition) is 2. The van der Waals surface area contributed by atoms with E-state index in [1.165, 1.54) is 24.8 Å². The van der Waals surface area contributed by atoms with Crippen LogP contribution in [0.25, 0.3) is 10.9 Å². The van der Waals surface area contributed by atoms with E-state index in [1.807, 2.05) is 43.3 Å². The molecule has 4 nitrogen and oxygen atoms in total. The monoisotopic (exact) mass is 433 g/mol. The maximum absolute atomic E-state index is 12.9. The minimum absolute atomic E-state index is 0.0264. The highest BCUT2D eigenvalue weighted by Gasteiger charge is 2.25. The summed E-state index contributed by atoms with van der Waals surface area (Å²) in [6.07, 6.45) is 5.94. The number of rotatable bonds is 5. The number of hydrogen-bond donors (Lipinski definition) is 2. The van der Waals surface area contributed by atoms with Crippen LogP contribution < -0.4 is 10.9 Å². The lowest BCUT2D eigenvalue weighted by molar-refractivity contribution is 0.233. The first-order valence-corrected chi connectivity index (χ1v) is 11.7. The van der Waals surface area contributed by atoms with Gasteiger partial charge in [0.25, 0.3) is 5.56 Å². The normalized spacial score (nSPS) is 15.5. The van der Waals surface area contributed by atoms with Crippen LogP contribution in [0, 0.1) is 6.92 Å². The summed E-state index contributed by atoms with van der Waals surface area (Å²) in [7, 11) is 0. The molecule has 31 heavy (non-hydrogen) atoms. The van der Waals surface area contributed by atoms with Crippen molar-refractivity contribution in [2.24, 2.45) is 0 Å². The lowest BCUT2D eigenvalue weighted by Crippen LogP contribution is -2.47. The molecule has 3 aromatic rings. The number of H-pyrrole nitrogens is 1. The molecule has 1 atom stereocenters. The predicted octanol–water partition coefficient (Wildman–Crippen LogP) is 5.61. The van der Waals surface area contributed by atoms with Gasteiger partial charge < -0.3 is 15.2 Å². The number of benzene rings is 2. The van der Waals surface area contributed by atoms with E-state index >= 15 is 0 Å². The Balaban J connectivity index is 1.61. The van der Waals surface area contributed by atoms with Crippen LogP contribution in [-0.4, -0.2) is 21.0 Å². The number of nitrogens with one attached hydrogen (secondary N) is 2. The molecular formula is C26H31N3OS. The number of fused-ring (bicyclic) bond motifs is 1. The van der Waals surface area contributed by atoms with Crippen LogP contribution in [-0.2, 0) is 6.54 Å². The molecule has 1 aromatic heterocycles. The van der Waals surface area contributed by atoms with Crippen LogP contribution in [0.1, 0.15) is 61.8 Å². The lowest BCUT2D eigenvalue weighted by Gasteiger charge is -2.37. The van der Waals surface area contributed by atoms with Crippen molar-refractivity contribution in [2.45, 2.75) is 64.6 Å². The van der Waals surface area contributed by atoms with Gasteiger partial charge in [0.1, 0.15) is 0 Å². The molecule has 0 bridgehead atoms. The Morgan fingerprint density at radius 2 is 1.87 bits per heavy atom. The zero-order valence-corrected chi connectivity index (χ0v) is 19.2. The number of thiocarbonyl (C=S) groups is 1. The average molecular weight is 434 g/mol. The zero-order valence-electron chi connectivity index (χ0n) is 18.4. The summed E-state index contributed by atoms with van der Waals surface area (Å²) in [6.45, 7) is 4.68. The molecule has 2 aromatic carbocycles. The number of aryl methyl sites for hydroxylation is 1. The summed E-state index contributed by atoms with van der Waals surface area (Å²) in [4.78, 5) is 18.3. The third kappa shape index (κ3) is 4.99. The smallest absolute Gasteiger partial charge is 0.253 e. The fraction of sp³-hybridized carbons (Fsp3) is 0.385. The van der Waals surface area contributed by atoms with Gasteiger partial charge in [-0.25, -0.2) is 0 Å². The van der Waals surface area contributed by atoms with Crippen LogP contribution >= 0.6 is 12.2 Å². The Morgan fingerprint density at radius 3 is 2.61 bits per heavy atom. The van der Waals surface area contributed by atoms with E-state index < -0.39 is 0 Å². The van der Waals surface area contributed by atoms with Crippen LogP contribution in [0.2, 0.25) is 0 Å². The van der Waals surface area contributed by atoms with Gasteiger partial charge in [-0.05, 0) is 61.5 Å². The minimum atomic E-state index is -0.0264. The second-order valence-corrected chi connectivity index (χ2v) is 9.05. The Hall–Kier alpha value is -2.66. The molecule has 1 saturated carbocycles. The molecule has 162 valence electrons. The largest absolute Gasteiger partial charge is 0.356 e. The fourth-order valence-electron chi connectivity index (χ4n) is 4.58. The predicted molar refractivity (Wildman–Crippen MR) is 132 cm³/mol. The molecule has 1 heterocycles. The maximum Gasteiger partial charge on any atom is 0.253 e. The van der Waals surface area contributed by atoms with E-state index in [0.717, 1.165) is 40.0 Å². The van der Waals surface area contributed by atoms with Crippen molar-refractivity contribution >= 4 is 28.2 Å². The molecular weight excluding hydrogens is 402 g/mol. The highest BCUT2D eigenvalue weighted by Crippen LogP contribution is 2.25. The number of para-hydroxylation sites is 1. The molecule has 0 unspecified atom stereocenters. The van der Waals surface area contributed by atoms with Crippen molar-refractivity contribution in [2.75, 3.05) is 0 Å². The Labute approximate surface area is 189 Å². The molecule has 0 amide bonds. The molecule has 1 aliphatic carbocycles. The molecule has 0 saturated heterocycles. The van der Waals surface area contributed by atoms with Gasteiger partial charge in [0.05, 0.1) is 18.1 Å². The molecule has 0 radical (unpaired) electrons. The van der Waals surface area contributed by atoms with Crippen molar-refractivity contribution in [3.05, 3.63) is 81.6 Å². The van der Waals surface area contributed by atoms with Crippen molar-refractivity contribution in [3.63, 3.8) is 0 Å². The number of aromatic nitrogens is 1. The highest BCUT2D eigenvalue weighted by molar-refractivity contribution is 7.80. The molecule has 0 spiro atoms. The topological polar surface area (TPSA) is 48.1 Å². The third-order valence-corrected chi connectivity index (χ3v) is 6.77. The van der Waals surface area contributed by atoms with Crippen LogP contribution in [0.3, 0.4) is 0 Å². The minimum Gasteiger partial charge on any atom is -0.356 e. The lowest BCUT2D eigenvalue weighted by atomic mass is 9.94. The van der Waals surface area contributed by atoms with Gasteiger partial charge in [-0.2, -0.15) is 0 Å². The van der Waals surface area contributed by atoms with Crippen molar-refractivity contribution < 1.29 is 0 Å². The number of aromatic amines is 1. The SMILES string of the molecule is Cc1cccc2cc(CN(C(=S)N[C@@H](C)c3ccccc3)C3CCCCC3)c(=O)[nH]c12. The van der Waals surface area contributed by atoms with Gasteiger partial charge in [-0.3, -0.25) is 4.79 Å². The summed E-state index contributed by atoms with van der Waals surface area (Å²) in [6, 6.07) is 19.0. The number of nitrogens with zero attached hydrogens (tertiary/aromatic N) is 1. The molecule has 2 N–H and O–H groups in total. The van der Waals surface area contributed by atoms with E-state index in [4.69, 9.17) is 12.2 Å². The van der Waals surface area contributed by atoms with Gasteiger partial charge in [0, 0.05) is 11.6 Å². The van der Waals surface area contributed by atoms with Crippen LogP contribution in [0.15, 0.2) is 59.4 Å². The van der Waals surface area contributed by atoms with Gasteiger partial charge in [-0.1, -0.05) is 67.8 Å². The van der Waals surface area contributed by atoms with Crippen molar-refractivity contribution in [1.82, 2.24) is 15.2 Å². The molecule has 0 aliphatic heterocycles. The zero-order chi connectivity index (χ0) is 21.8. The van der Waals surface area contributed by atoms with Crippen molar-refractivity contribution in [3.8, 4) is 0 Å². The first-order valence-electron chi connectivity index (χ1n) is 11.3. The fourth-order valence-corrected chi connectivity index (χ4v) is 4.97. The molecule has 5 heteroatoms. The second kappa shape index (κ2) is 9.65. The van der Waals surface area contributed by atoms with E-state index in [1.54, 1.807) is 0 Å². The van der Waals surface area contributed by atoms with Crippen LogP contribution in [0.5, 0.6) is 0 Å². The quantitative estimate of drug-likeness (QED) is 0.514. The molecule has 1 aliphatic rings. The van der Waals surface area contributed by atoms with E-state index in [9.17, 15) is 4.79 Å². The summed E-state index contributed by atoms with van der Waals surface area (Å²) in [5.41, 5.74) is 3.94.